The lowest BCUT2D eigenvalue weighted by atomic mass is 9.85. The molecule has 0 bridgehead atoms. The van der Waals surface area contributed by atoms with Crippen LogP contribution in [0.15, 0.2) is 34.9 Å². The van der Waals surface area contributed by atoms with E-state index in [9.17, 15) is 0 Å². The van der Waals surface area contributed by atoms with Gasteiger partial charge in [0.1, 0.15) is 0 Å². The Morgan fingerprint density at radius 1 is 1.11 bits per heavy atom. The molecule has 5 heteroatoms. The molecule has 2 unspecified atom stereocenters. The normalized spacial score (nSPS) is 31.1. The molecule has 2 aromatic rings. The molecule has 3 aliphatic rings. The summed E-state index contributed by atoms with van der Waals surface area (Å²) in [6.45, 7) is 0.980. The number of benzene rings is 1. The van der Waals surface area contributed by atoms with E-state index < -0.39 is 0 Å². The zero-order chi connectivity index (χ0) is 19.1. The van der Waals surface area contributed by atoms with Gasteiger partial charge >= 0.3 is 0 Å². The largest absolute Gasteiger partial charge is 0.339 e. The van der Waals surface area contributed by atoms with Crippen LogP contribution < -0.4 is 5.32 Å². The van der Waals surface area contributed by atoms with Crippen molar-refractivity contribution >= 4 is 0 Å². The average Bonchev–Trinajstić information content (AvgIpc) is 3.64. The second-order valence-corrected chi connectivity index (χ2v) is 9.45. The van der Waals surface area contributed by atoms with Gasteiger partial charge in [-0.2, -0.15) is 4.98 Å². The van der Waals surface area contributed by atoms with Gasteiger partial charge in [-0.1, -0.05) is 35.5 Å². The van der Waals surface area contributed by atoms with Crippen LogP contribution in [-0.2, 0) is 5.41 Å². The summed E-state index contributed by atoms with van der Waals surface area (Å²) in [5, 5.41) is 8.21. The van der Waals surface area contributed by atoms with E-state index in [0.29, 0.717) is 23.9 Å². The molecule has 3 saturated carbocycles. The van der Waals surface area contributed by atoms with Gasteiger partial charge in [-0.25, -0.2) is 0 Å². The highest BCUT2D eigenvalue weighted by molar-refractivity contribution is 5.28. The quantitative estimate of drug-likeness (QED) is 0.791. The molecular weight excluding hydrogens is 348 g/mol. The molecule has 0 saturated heterocycles. The van der Waals surface area contributed by atoms with Crippen LogP contribution in [0.4, 0.5) is 0 Å². The minimum atomic E-state index is 0.117. The molecule has 150 valence electrons. The van der Waals surface area contributed by atoms with Gasteiger partial charge in [0.15, 0.2) is 5.82 Å². The Hall–Kier alpha value is -1.72. The lowest BCUT2D eigenvalue weighted by Gasteiger charge is -2.31. The zero-order valence-corrected chi connectivity index (χ0v) is 17.1. The molecule has 3 aliphatic carbocycles. The minimum Gasteiger partial charge on any atom is -0.339 e. The lowest BCUT2D eigenvalue weighted by molar-refractivity contribution is 0.201. The topological polar surface area (TPSA) is 54.2 Å². The summed E-state index contributed by atoms with van der Waals surface area (Å²) < 4.78 is 5.74. The second-order valence-electron chi connectivity index (χ2n) is 9.45. The van der Waals surface area contributed by atoms with Crippen molar-refractivity contribution in [2.24, 2.45) is 0 Å². The third-order valence-electron chi connectivity index (χ3n) is 7.27. The van der Waals surface area contributed by atoms with Gasteiger partial charge in [0.25, 0.3) is 0 Å². The monoisotopic (exact) mass is 380 g/mol. The summed E-state index contributed by atoms with van der Waals surface area (Å²) in [6.07, 6.45) is 8.37. The van der Waals surface area contributed by atoms with Crippen molar-refractivity contribution in [2.75, 3.05) is 20.6 Å². The van der Waals surface area contributed by atoms with Crippen molar-refractivity contribution in [1.82, 2.24) is 20.4 Å². The first-order valence-electron chi connectivity index (χ1n) is 10.9. The number of hydrogen-bond acceptors (Lipinski definition) is 5. The van der Waals surface area contributed by atoms with E-state index in [1.54, 1.807) is 0 Å². The minimum absolute atomic E-state index is 0.117. The Balaban J connectivity index is 1.16. The van der Waals surface area contributed by atoms with Gasteiger partial charge in [-0.15, -0.1) is 0 Å². The third-order valence-corrected chi connectivity index (χ3v) is 7.27. The van der Waals surface area contributed by atoms with E-state index in [4.69, 9.17) is 9.51 Å². The highest BCUT2D eigenvalue weighted by atomic mass is 16.5. The van der Waals surface area contributed by atoms with Crippen molar-refractivity contribution in [3.63, 3.8) is 0 Å². The molecule has 5 nitrogen and oxygen atoms in total. The third kappa shape index (κ3) is 3.62. The fraction of sp³-hybridized carbons (Fsp3) is 0.652. The summed E-state index contributed by atoms with van der Waals surface area (Å²) >= 11 is 0. The van der Waals surface area contributed by atoms with Crippen LogP contribution >= 0.6 is 0 Å². The van der Waals surface area contributed by atoms with Gasteiger partial charge in [-0.3, -0.25) is 0 Å². The van der Waals surface area contributed by atoms with Crippen LogP contribution in [0.1, 0.15) is 74.1 Å². The molecular formula is C23H32N4O. The first kappa shape index (κ1) is 18.3. The van der Waals surface area contributed by atoms with Crippen LogP contribution in [0.25, 0.3) is 0 Å². The zero-order valence-electron chi connectivity index (χ0n) is 17.1. The maximum atomic E-state index is 5.74. The smallest absolute Gasteiger partial charge is 0.229 e. The van der Waals surface area contributed by atoms with Gasteiger partial charge in [0.2, 0.25) is 5.89 Å². The first-order valence-corrected chi connectivity index (χ1v) is 10.9. The van der Waals surface area contributed by atoms with E-state index in [1.807, 2.05) is 0 Å². The maximum Gasteiger partial charge on any atom is 0.229 e. The van der Waals surface area contributed by atoms with E-state index in [0.717, 1.165) is 31.1 Å². The van der Waals surface area contributed by atoms with Crippen LogP contribution in [0.2, 0.25) is 0 Å². The van der Waals surface area contributed by atoms with Crippen molar-refractivity contribution in [3.05, 3.63) is 47.6 Å². The number of nitrogens with one attached hydrogen (secondary N) is 1. The standard InChI is InChI=1S/C23H32N4O/c1-27(2)18-10-8-17(9-11-18)21-25-22(26-28-21)23(12-13-23)15-24-20-14-19(20)16-6-4-3-5-7-16/h3-7,17-20,24H,8-15H2,1-2H3/t17-,18-,19?,20?. The molecule has 28 heavy (non-hydrogen) atoms. The molecule has 0 spiro atoms. The Labute approximate surface area is 167 Å². The van der Waals surface area contributed by atoms with Gasteiger partial charge in [0, 0.05) is 35.9 Å². The Kier molecular flexibility index (Phi) is 4.76. The van der Waals surface area contributed by atoms with Crippen molar-refractivity contribution < 1.29 is 4.52 Å². The molecule has 5 rings (SSSR count). The fourth-order valence-electron chi connectivity index (χ4n) is 4.90. The Morgan fingerprint density at radius 2 is 1.86 bits per heavy atom. The van der Waals surface area contributed by atoms with Gasteiger partial charge in [0.05, 0.1) is 0 Å². The fourth-order valence-corrected chi connectivity index (χ4v) is 4.90. The average molecular weight is 381 g/mol. The molecule has 3 fully saturated rings. The van der Waals surface area contributed by atoms with Crippen LogP contribution in [-0.4, -0.2) is 47.8 Å². The summed E-state index contributed by atoms with van der Waals surface area (Å²) in [5.74, 6) is 2.95. The molecule has 1 aromatic carbocycles. The second kappa shape index (κ2) is 7.27. The van der Waals surface area contributed by atoms with E-state index in [1.165, 1.54) is 37.7 Å². The van der Waals surface area contributed by atoms with Crippen LogP contribution in [0.3, 0.4) is 0 Å². The summed E-state index contributed by atoms with van der Waals surface area (Å²) in [4.78, 5) is 7.23. The van der Waals surface area contributed by atoms with E-state index in [2.05, 4.69) is 59.8 Å². The molecule has 1 heterocycles. The van der Waals surface area contributed by atoms with Crippen molar-refractivity contribution in [3.8, 4) is 0 Å². The van der Waals surface area contributed by atoms with E-state index >= 15 is 0 Å². The highest BCUT2D eigenvalue weighted by Gasteiger charge is 2.50. The molecule has 0 amide bonds. The molecule has 1 N–H and O–H groups in total. The summed E-state index contributed by atoms with van der Waals surface area (Å²) in [7, 11) is 4.36. The summed E-state index contributed by atoms with van der Waals surface area (Å²) in [5.41, 5.74) is 1.58. The van der Waals surface area contributed by atoms with E-state index in [-0.39, 0.29) is 5.41 Å². The summed E-state index contributed by atoms with van der Waals surface area (Å²) in [6, 6.07) is 12.2. The number of hydrogen-bond donors (Lipinski definition) is 1. The van der Waals surface area contributed by atoms with Crippen LogP contribution in [0.5, 0.6) is 0 Å². The SMILES string of the molecule is CN(C)[C@H]1CC[C@H](c2nc(C3(CNC4CC4c4ccccc4)CC3)no2)CC1. The number of aromatic nitrogens is 2. The molecule has 1 aromatic heterocycles. The van der Waals surface area contributed by atoms with Crippen molar-refractivity contribution in [2.45, 2.75) is 74.3 Å². The maximum absolute atomic E-state index is 5.74. The lowest BCUT2D eigenvalue weighted by Crippen LogP contribution is -2.31. The van der Waals surface area contributed by atoms with Gasteiger partial charge in [-0.05, 0) is 64.6 Å². The predicted octanol–water partition coefficient (Wildman–Crippen LogP) is 3.83. The highest BCUT2D eigenvalue weighted by Crippen LogP contribution is 2.48. The van der Waals surface area contributed by atoms with Crippen molar-refractivity contribution in [1.29, 1.82) is 0 Å². The number of rotatable bonds is 7. The molecule has 0 aliphatic heterocycles. The van der Waals surface area contributed by atoms with Crippen LogP contribution in [0, 0.1) is 0 Å². The first-order chi connectivity index (χ1) is 13.6. The molecule has 0 radical (unpaired) electrons. The molecule has 2 atom stereocenters. The Bertz CT molecular complexity index is 790. The van der Waals surface area contributed by atoms with Gasteiger partial charge < -0.3 is 14.7 Å². The number of nitrogens with zero attached hydrogens (tertiary/aromatic N) is 3. The Morgan fingerprint density at radius 3 is 2.54 bits per heavy atom. The predicted molar refractivity (Wildman–Crippen MR) is 109 cm³/mol.